The molecule has 0 saturated carbocycles. The van der Waals surface area contributed by atoms with Gasteiger partial charge in [-0.15, -0.1) is 0 Å². The van der Waals surface area contributed by atoms with Gasteiger partial charge in [-0.05, 0) is 24.1 Å². The van der Waals surface area contributed by atoms with E-state index in [1.807, 2.05) is 6.92 Å². The van der Waals surface area contributed by atoms with Crippen molar-refractivity contribution in [3.8, 4) is 5.75 Å². The van der Waals surface area contributed by atoms with E-state index in [0.717, 1.165) is 11.1 Å². The summed E-state index contributed by atoms with van der Waals surface area (Å²) < 4.78 is 33.6. The first-order chi connectivity index (χ1) is 8.47. The summed E-state index contributed by atoms with van der Waals surface area (Å²) in [6.07, 6.45) is -0.0953. The number of alkyl halides is 3. The summed E-state index contributed by atoms with van der Waals surface area (Å²) in [5.74, 6) is -0.490. The van der Waals surface area contributed by atoms with Crippen LogP contribution in [0.4, 0.5) is 8.78 Å². The fourth-order valence-electron chi connectivity index (χ4n) is 1.51. The molecular weight excluding hydrogens is 310 g/mol. The van der Waals surface area contributed by atoms with Crippen molar-refractivity contribution >= 4 is 21.9 Å². The molecule has 1 rings (SSSR count). The van der Waals surface area contributed by atoms with Gasteiger partial charge in [0.15, 0.2) is 0 Å². The molecule has 0 atom stereocenters. The minimum absolute atomic E-state index is 0.00968. The first-order valence-electron chi connectivity index (χ1n) is 5.18. The Hall–Kier alpha value is -1.17. The van der Waals surface area contributed by atoms with Gasteiger partial charge in [0.05, 0.1) is 13.5 Å². The van der Waals surface area contributed by atoms with E-state index in [-0.39, 0.29) is 12.2 Å². The molecule has 18 heavy (non-hydrogen) atoms. The van der Waals surface area contributed by atoms with Crippen LogP contribution < -0.4 is 4.74 Å². The van der Waals surface area contributed by atoms with Crippen LogP contribution in [0.15, 0.2) is 12.1 Å². The fraction of sp³-hybridized carbons (Fsp3) is 0.417. The number of benzene rings is 1. The molecule has 0 amide bonds. The zero-order valence-corrected chi connectivity index (χ0v) is 11.6. The molecule has 0 aliphatic heterocycles. The number of carbonyl (C=O) groups is 1. The van der Waals surface area contributed by atoms with E-state index in [1.165, 1.54) is 13.2 Å². The summed E-state index contributed by atoms with van der Waals surface area (Å²) in [7, 11) is 1.25. The van der Waals surface area contributed by atoms with Crippen molar-refractivity contribution in [2.24, 2.45) is 0 Å². The highest BCUT2D eigenvalue weighted by Crippen LogP contribution is 2.27. The summed E-state index contributed by atoms with van der Waals surface area (Å²) in [6.45, 7) is -1.09. The van der Waals surface area contributed by atoms with Crippen molar-refractivity contribution in [2.75, 3.05) is 7.11 Å². The van der Waals surface area contributed by atoms with Gasteiger partial charge in [-0.1, -0.05) is 22.0 Å². The summed E-state index contributed by atoms with van der Waals surface area (Å²) in [6, 6.07) is 3.17. The highest BCUT2D eigenvalue weighted by atomic mass is 79.9. The lowest BCUT2D eigenvalue weighted by molar-refractivity contribution is -0.139. The van der Waals surface area contributed by atoms with Crippen LogP contribution in [0.1, 0.15) is 16.7 Å². The van der Waals surface area contributed by atoms with Gasteiger partial charge in [0.2, 0.25) is 0 Å². The molecular formula is C12H13BrF2O3. The molecule has 0 saturated heterocycles. The molecule has 0 aromatic heterocycles. The molecule has 0 aliphatic rings. The standard InChI is InChI=1S/C12H13BrF2O3/c1-7-3-8(5-11(16)17-2)10(18-12(14)15)4-9(7)6-13/h3-4,12H,5-6H2,1-2H3. The Morgan fingerprint density at radius 2 is 2.06 bits per heavy atom. The minimum atomic E-state index is -2.92. The highest BCUT2D eigenvalue weighted by Gasteiger charge is 2.15. The second-order valence-electron chi connectivity index (χ2n) is 3.65. The average molecular weight is 323 g/mol. The smallest absolute Gasteiger partial charge is 0.387 e. The molecule has 6 heteroatoms. The zero-order chi connectivity index (χ0) is 13.7. The fourth-order valence-corrected chi connectivity index (χ4v) is 2.11. The number of esters is 1. The predicted octanol–water partition coefficient (Wildman–Crippen LogP) is 3.21. The molecule has 1 aromatic rings. The average Bonchev–Trinajstić information content (AvgIpc) is 2.31. The maximum Gasteiger partial charge on any atom is 0.387 e. The van der Waals surface area contributed by atoms with E-state index in [9.17, 15) is 13.6 Å². The van der Waals surface area contributed by atoms with Crippen molar-refractivity contribution in [3.63, 3.8) is 0 Å². The third kappa shape index (κ3) is 3.94. The van der Waals surface area contributed by atoms with Gasteiger partial charge in [0.1, 0.15) is 5.75 Å². The number of aryl methyl sites for hydroxylation is 1. The highest BCUT2D eigenvalue weighted by molar-refractivity contribution is 9.08. The van der Waals surface area contributed by atoms with E-state index in [4.69, 9.17) is 0 Å². The molecule has 0 unspecified atom stereocenters. The molecule has 0 fully saturated rings. The second-order valence-corrected chi connectivity index (χ2v) is 4.21. The normalized spacial score (nSPS) is 10.6. The second kappa shape index (κ2) is 6.68. The van der Waals surface area contributed by atoms with Crippen molar-refractivity contribution in [1.29, 1.82) is 0 Å². The lowest BCUT2D eigenvalue weighted by Gasteiger charge is -2.13. The monoisotopic (exact) mass is 322 g/mol. The minimum Gasteiger partial charge on any atom is -0.469 e. The third-order valence-electron chi connectivity index (χ3n) is 2.44. The number of halogens is 3. The lowest BCUT2D eigenvalue weighted by atomic mass is 10.0. The Morgan fingerprint density at radius 1 is 1.39 bits per heavy atom. The number of rotatable bonds is 5. The molecule has 0 heterocycles. The van der Waals surface area contributed by atoms with Gasteiger partial charge in [0, 0.05) is 10.9 Å². The Bertz CT molecular complexity index is 436. The molecule has 3 nitrogen and oxygen atoms in total. The Balaban J connectivity index is 3.12. The van der Waals surface area contributed by atoms with Crippen molar-refractivity contribution in [3.05, 3.63) is 28.8 Å². The number of hydrogen-bond donors (Lipinski definition) is 0. The predicted molar refractivity (Wildman–Crippen MR) is 66.2 cm³/mol. The van der Waals surface area contributed by atoms with Crippen LogP contribution in [-0.2, 0) is 21.3 Å². The number of hydrogen-bond acceptors (Lipinski definition) is 3. The van der Waals surface area contributed by atoms with Gasteiger partial charge >= 0.3 is 12.6 Å². The largest absolute Gasteiger partial charge is 0.469 e. The van der Waals surface area contributed by atoms with E-state index < -0.39 is 12.6 Å². The van der Waals surface area contributed by atoms with Crippen LogP contribution in [0.3, 0.4) is 0 Å². The van der Waals surface area contributed by atoms with Crippen LogP contribution in [-0.4, -0.2) is 19.7 Å². The lowest BCUT2D eigenvalue weighted by Crippen LogP contribution is -2.10. The Labute approximate surface area is 112 Å². The Kier molecular flexibility index (Phi) is 5.53. The molecule has 0 spiro atoms. The van der Waals surface area contributed by atoms with Gasteiger partial charge < -0.3 is 9.47 Å². The first-order valence-corrected chi connectivity index (χ1v) is 6.30. The molecule has 100 valence electrons. The molecule has 0 aliphatic carbocycles. The topological polar surface area (TPSA) is 35.5 Å². The maximum absolute atomic E-state index is 12.3. The van der Waals surface area contributed by atoms with Crippen LogP contribution in [0.2, 0.25) is 0 Å². The van der Waals surface area contributed by atoms with E-state index in [2.05, 4.69) is 25.4 Å². The van der Waals surface area contributed by atoms with E-state index >= 15 is 0 Å². The van der Waals surface area contributed by atoms with E-state index in [0.29, 0.717) is 10.9 Å². The maximum atomic E-state index is 12.3. The summed E-state index contributed by atoms with van der Waals surface area (Å²) >= 11 is 3.26. The van der Waals surface area contributed by atoms with Crippen LogP contribution in [0.25, 0.3) is 0 Å². The SMILES string of the molecule is COC(=O)Cc1cc(C)c(CBr)cc1OC(F)F. The first kappa shape index (κ1) is 14.9. The van der Waals surface area contributed by atoms with Crippen LogP contribution >= 0.6 is 15.9 Å². The summed E-state index contributed by atoms with van der Waals surface area (Å²) in [4.78, 5) is 11.2. The number of carbonyl (C=O) groups excluding carboxylic acids is 1. The van der Waals surface area contributed by atoms with Crippen molar-refractivity contribution in [1.82, 2.24) is 0 Å². The molecule has 0 radical (unpaired) electrons. The van der Waals surface area contributed by atoms with Gasteiger partial charge in [-0.2, -0.15) is 8.78 Å². The Morgan fingerprint density at radius 3 is 2.56 bits per heavy atom. The van der Waals surface area contributed by atoms with Crippen molar-refractivity contribution < 1.29 is 23.0 Å². The summed E-state index contributed by atoms with van der Waals surface area (Å²) in [5.41, 5.74) is 2.12. The van der Waals surface area contributed by atoms with Gasteiger partial charge in [-0.3, -0.25) is 4.79 Å². The third-order valence-corrected chi connectivity index (χ3v) is 3.05. The zero-order valence-electron chi connectivity index (χ0n) is 10.0. The summed E-state index contributed by atoms with van der Waals surface area (Å²) in [5, 5.41) is 0.525. The van der Waals surface area contributed by atoms with Crippen LogP contribution in [0, 0.1) is 6.92 Å². The molecule has 0 N–H and O–H groups in total. The number of ether oxygens (including phenoxy) is 2. The van der Waals surface area contributed by atoms with Gasteiger partial charge in [0.25, 0.3) is 0 Å². The number of methoxy groups -OCH3 is 1. The molecule has 1 aromatic carbocycles. The quantitative estimate of drug-likeness (QED) is 0.617. The van der Waals surface area contributed by atoms with Crippen LogP contribution in [0.5, 0.6) is 5.75 Å². The van der Waals surface area contributed by atoms with Gasteiger partial charge in [-0.25, -0.2) is 0 Å². The molecule has 0 bridgehead atoms. The van der Waals surface area contributed by atoms with E-state index in [1.54, 1.807) is 6.07 Å². The van der Waals surface area contributed by atoms with Crippen molar-refractivity contribution in [2.45, 2.75) is 25.3 Å².